The van der Waals surface area contributed by atoms with Crippen LogP contribution in [0, 0.1) is 0 Å². The van der Waals surface area contributed by atoms with Crippen molar-refractivity contribution in [2.75, 3.05) is 4.90 Å². The third-order valence-electron chi connectivity index (χ3n) is 4.15. The highest BCUT2D eigenvalue weighted by Crippen LogP contribution is 2.20. The van der Waals surface area contributed by atoms with Crippen molar-refractivity contribution in [1.29, 1.82) is 0 Å². The Kier molecular flexibility index (Phi) is 4.01. The number of benzene rings is 2. The van der Waals surface area contributed by atoms with E-state index in [2.05, 4.69) is 4.98 Å². The number of imidazole rings is 1. The van der Waals surface area contributed by atoms with E-state index in [9.17, 15) is 4.79 Å². The molecular formula is C21H17N3O. The molecule has 0 bridgehead atoms. The summed E-state index contributed by atoms with van der Waals surface area (Å²) in [4.78, 5) is 19.3. The maximum absolute atomic E-state index is 13.1. The summed E-state index contributed by atoms with van der Waals surface area (Å²) >= 11 is 0. The average Bonchev–Trinajstić information content (AvgIpc) is 3.10. The van der Waals surface area contributed by atoms with E-state index in [-0.39, 0.29) is 5.91 Å². The molecule has 2 heterocycles. The second kappa shape index (κ2) is 6.61. The zero-order valence-electron chi connectivity index (χ0n) is 13.6. The molecule has 0 saturated carbocycles. The molecule has 122 valence electrons. The number of carbonyl (C=O) groups is 1. The lowest BCUT2D eigenvalue weighted by atomic mass is 10.1. The molecule has 0 aliphatic carbocycles. The van der Waals surface area contributed by atoms with Crippen LogP contribution in [-0.4, -0.2) is 15.3 Å². The minimum absolute atomic E-state index is 0.0299. The van der Waals surface area contributed by atoms with E-state index in [4.69, 9.17) is 0 Å². The van der Waals surface area contributed by atoms with Gasteiger partial charge in [0.15, 0.2) is 0 Å². The van der Waals surface area contributed by atoms with Crippen LogP contribution in [0.25, 0.3) is 5.65 Å². The van der Waals surface area contributed by atoms with Crippen LogP contribution in [0.1, 0.15) is 16.1 Å². The second-order valence-electron chi connectivity index (χ2n) is 5.77. The van der Waals surface area contributed by atoms with Crippen LogP contribution >= 0.6 is 0 Å². The molecule has 25 heavy (non-hydrogen) atoms. The highest BCUT2D eigenvalue weighted by Gasteiger charge is 2.19. The molecule has 4 aromatic rings. The zero-order valence-corrected chi connectivity index (χ0v) is 13.6. The fourth-order valence-corrected chi connectivity index (χ4v) is 2.89. The summed E-state index contributed by atoms with van der Waals surface area (Å²) in [5, 5.41) is 0. The van der Waals surface area contributed by atoms with Gasteiger partial charge < -0.3 is 9.30 Å². The molecule has 0 spiro atoms. The van der Waals surface area contributed by atoms with E-state index in [1.165, 1.54) is 0 Å². The Balaban J connectivity index is 1.74. The summed E-state index contributed by atoms with van der Waals surface area (Å²) < 4.78 is 2.01. The molecular weight excluding hydrogens is 310 g/mol. The van der Waals surface area contributed by atoms with E-state index in [1.807, 2.05) is 95.7 Å². The van der Waals surface area contributed by atoms with Gasteiger partial charge in [0.1, 0.15) is 5.65 Å². The number of fused-ring (bicyclic) bond motifs is 1. The minimum atomic E-state index is -0.0299. The Bertz CT molecular complexity index is 993. The predicted octanol–water partition coefficient (Wildman–Crippen LogP) is 4.18. The summed E-state index contributed by atoms with van der Waals surface area (Å²) in [6, 6.07) is 24.9. The topological polar surface area (TPSA) is 37.6 Å². The van der Waals surface area contributed by atoms with E-state index < -0.39 is 0 Å². The number of nitrogens with zero attached hydrogens (tertiary/aromatic N) is 3. The number of hydrogen-bond acceptors (Lipinski definition) is 2. The summed E-state index contributed by atoms with van der Waals surface area (Å²) in [6.07, 6.45) is 3.79. The van der Waals surface area contributed by atoms with Crippen molar-refractivity contribution in [2.24, 2.45) is 0 Å². The lowest BCUT2D eigenvalue weighted by Crippen LogP contribution is -2.30. The van der Waals surface area contributed by atoms with Crippen molar-refractivity contribution in [3.63, 3.8) is 0 Å². The van der Waals surface area contributed by atoms with Gasteiger partial charge in [0.2, 0.25) is 0 Å². The number of anilines is 1. The molecule has 0 unspecified atom stereocenters. The molecule has 0 saturated heterocycles. The molecule has 1 amide bonds. The van der Waals surface area contributed by atoms with Gasteiger partial charge in [-0.1, -0.05) is 42.5 Å². The molecule has 4 rings (SSSR count). The third kappa shape index (κ3) is 3.02. The van der Waals surface area contributed by atoms with E-state index in [1.54, 1.807) is 4.90 Å². The van der Waals surface area contributed by atoms with Crippen molar-refractivity contribution in [3.05, 3.63) is 103 Å². The molecule has 0 radical (unpaired) electrons. The predicted molar refractivity (Wildman–Crippen MR) is 98.6 cm³/mol. The van der Waals surface area contributed by atoms with Gasteiger partial charge in [-0.05, 0) is 36.4 Å². The maximum Gasteiger partial charge on any atom is 0.258 e. The minimum Gasteiger partial charge on any atom is -0.302 e. The first-order chi connectivity index (χ1) is 12.3. The zero-order chi connectivity index (χ0) is 17.1. The Morgan fingerprint density at radius 3 is 2.32 bits per heavy atom. The summed E-state index contributed by atoms with van der Waals surface area (Å²) in [7, 11) is 0. The van der Waals surface area contributed by atoms with Gasteiger partial charge >= 0.3 is 0 Å². The Labute approximate surface area is 146 Å². The fraction of sp³-hybridized carbons (Fsp3) is 0.0476. The quantitative estimate of drug-likeness (QED) is 0.564. The molecule has 2 aromatic heterocycles. The van der Waals surface area contributed by atoms with Gasteiger partial charge in [-0.3, -0.25) is 4.79 Å². The maximum atomic E-state index is 13.1. The average molecular weight is 327 g/mol. The van der Waals surface area contributed by atoms with Gasteiger partial charge in [0.05, 0.1) is 18.4 Å². The first kappa shape index (κ1) is 15.1. The van der Waals surface area contributed by atoms with Crippen LogP contribution in [-0.2, 0) is 6.54 Å². The molecule has 0 atom stereocenters. The van der Waals surface area contributed by atoms with Crippen LogP contribution < -0.4 is 4.90 Å². The van der Waals surface area contributed by atoms with E-state index in [0.717, 1.165) is 17.0 Å². The molecule has 4 nitrogen and oxygen atoms in total. The lowest BCUT2D eigenvalue weighted by molar-refractivity contribution is 0.0985. The summed E-state index contributed by atoms with van der Waals surface area (Å²) in [6.45, 7) is 0.447. The second-order valence-corrected chi connectivity index (χ2v) is 5.77. The summed E-state index contributed by atoms with van der Waals surface area (Å²) in [5.74, 6) is -0.0299. The van der Waals surface area contributed by atoms with Gasteiger partial charge in [-0.2, -0.15) is 0 Å². The number of aromatic nitrogens is 2. The molecule has 4 heteroatoms. The monoisotopic (exact) mass is 327 g/mol. The number of hydrogen-bond donors (Lipinski definition) is 0. The third-order valence-corrected chi connectivity index (χ3v) is 4.15. The molecule has 2 aromatic carbocycles. The van der Waals surface area contributed by atoms with Gasteiger partial charge in [0, 0.05) is 17.4 Å². The lowest BCUT2D eigenvalue weighted by Gasteiger charge is -2.23. The fourth-order valence-electron chi connectivity index (χ4n) is 2.89. The number of rotatable bonds is 4. The highest BCUT2D eigenvalue weighted by atomic mass is 16.2. The van der Waals surface area contributed by atoms with Crippen LogP contribution in [0.4, 0.5) is 5.69 Å². The molecule has 0 fully saturated rings. The van der Waals surface area contributed by atoms with Crippen molar-refractivity contribution in [1.82, 2.24) is 9.38 Å². The molecule has 0 aliphatic heterocycles. The highest BCUT2D eigenvalue weighted by molar-refractivity contribution is 6.05. The molecule has 0 aliphatic rings. The number of para-hydroxylation sites is 1. The van der Waals surface area contributed by atoms with E-state index >= 15 is 0 Å². The first-order valence-electron chi connectivity index (χ1n) is 8.16. The number of pyridine rings is 1. The number of amides is 1. The van der Waals surface area contributed by atoms with Crippen molar-refractivity contribution in [2.45, 2.75) is 6.54 Å². The van der Waals surface area contributed by atoms with Crippen LogP contribution in [0.2, 0.25) is 0 Å². The first-order valence-corrected chi connectivity index (χ1v) is 8.16. The van der Waals surface area contributed by atoms with Crippen molar-refractivity contribution < 1.29 is 4.79 Å². The standard InChI is InChI=1S/C21H17N3O/c25-21(17-9-3-1-4-10-17)24(18-11-5-2-6-12-18)16-19-15-22-20-13-7-8-14-23(19)20/h1-15H,16H2. The van der Waals surface area contributed by atoms with Crippen LogP contribution in [0.5, 0.6) is 0 Å². The normalized spacial score (nSPS) is 10.7. The Morgan fingerprint density at radius 1 is 0.880 bits per heavy atom. The smallest absolute Gasteiger partial charge is 0.258 e. The van der Waals surface area contributed by atoms with Crippen LogP contribution in [0.3, 0.4) is 0 Å². The SMILES string of the molecule is O=C(c1ccccc1)N(Cc1cnc2ccccn12)c1ccccc1. The summed E-state index contributed by atoms with van der Waals surface area (Å²) in [5.41, 5.74) is 3.36. The Morgan fingerprint density at radius 2 is 1.56 bits per heavy atom. The van der Waals surface area contributed by atoms with Crippen molar-refractivity contribution in [3.8, 4) is 0 Å². The number of carbonyl (C=O) groups excluding carboxylic acids is 1. The van der Waals surface area contributed by atoms with E-state index in [0.29, 0.717) is 12.1 Å². The Hall–Kier alpha value is -3.40. The molecule has 0 N–H and O–H groups in total. The van der Waals surface area contributed by atoms with Gasteiger partial charge in [-0.15, -0.1) is 0 Å². The van der Waals surface area contributed by atoms with Gasteiger partial charge in [0.25, 0.3) is 5.91 Å². The largest absolute Gasteiger partial charge is 0.302 e. The van der Waals surface area contributed by atoms with Crippen molar-refractivity contribution >= 4 is 17.2 Å². The van der Waals surface area contributed by atoms with Gasteiger partial charge in [-0.25, -0.2) is 4.98 Å². The van der Waals surface area contributed by atoms with Crippen LogP contribution in [0.15, 0.2) is 91.3 Å².